The van der Waals surface area contributed by atoms with Crippen LogP contribution in [0.1, 0.15) is 6.92 Å². The molecule has 0 heterocycles. The third-order valence-electron chi connectivity index (χ3n) is 3.14. The maximum absolute atomic E-state index is 12.1. The van der Waals surface area contributed by atoms with Crippen LogP contribution in [0, 0.1) is 0 Å². The van der Waals surface area contributed by atoms with Crippen LogP contribution in [-0.2, 0) is 14.3 Å². The Bertz CT molecular complexity index is 687. The second-order valence-electron chi connectivity index (χ2n) is 4.92. The van der Waals surface area contributed by atoms with E-state index in [0.29, 0.717) is 17.2 Å². The smallest absolute Gasteiger partial charge is 0.344 e. The van der Waals surface area contributed by atoms with Crippen LogP contribution >= 0.6 is 0 Å². The van der Waals surface area contributed by atoms with Gasteiger partial charge in [-0.25, -0.2) is 4.79 Å². The summed E-state index contributed by atoms with van der Waals surface area (Å²) in [6.45, 7) is 1.22. The van der Waals surface area contributed by atoms with E-state index in [2.05, 4.69) is 5.32 Å². The number of benzene rings is 2. The largest absolute Gasteiger partial charge is 0.495 e. The molecule has 0 aromatic heterocycles. The second kappa shape index (κ2) is 8.57. The topological polar surface area (TPSA) is 73.9 Å². The predicted octanol–water partition coefficient (Wildman–Crippen LogP) is 2.64. The number of carbonyl (C=O) groups is 2. The van der Waals surface area contributed by atoms with Gasteiger partial charge in [-0.15, -0.1) is 0 Å². The van der Waals surface area contributed by atoms with Crippen LogP contribution in [0.15, 0.2) is 54.6 Å². The molecule has 126 valence electrons. The first-order valence-electron chi connectivity index (χ1n) is 7.41. The number of hydrogen-bond acceptors (Lipinski definition) is 5. The molecule has 0 spiro atoms. The zero-order valence-corrected chi connectivity index (χ0v) is 13.5. The molecule has 0 saturated carbocycles. The highest BCUT2D eigenvalue weighted by Gasteiger charge is 2.19. The Hall–Kier alpha value is -3.02. The predicted molar refractivity (Wildman–Crippen MR) is 89.1 cm³/mol. The Morgan fingerprint density at radius 2 is 1.71 bits per heavy atom. The third-order valence-corrected chi connectivity index (χ3v) is 3.14. The summed E-state index contributed by atoms with van der Waals surface area (Å²) in [5.41, 5.74) is 0.508. The molecule has 0 bridgehead atoms. The summed E-state index contributed by atoms with van der Waals surface area (Å²) < 4.78 is 15.5. The molecule has 0 aliphatic carbocycles. The normalized spacial score (nSPS) is 11.2. The fourth-order valence-electron chi connectivity index (χ4n) is 1.93. The fraction of sp³-hybridized carbons (Fsp3) is 0.222. The summed E-state index contributed by atoms with van der Waals surface area (Å²) in [5, 5.41) is 2.66. The van der Waals surface area contributed by atoms with Crippen molar-refractivity contribution < 1.29 is 23.8 Å². The summed E-state index contributed by atoms with van der Waals surface area (Å²) in [6.07, 6.45) is -0.957. The highest BCUT2D eigenvalue weighted by Crippen LogP contribution is 2.23. The Morgan fingerprint density at radius 1 is 1.04 bits per heavy atom. The highest BCUT2D eigenvalue weighted by atomic mass is 16.6. The van der Waals surface area contributed by atoms with Crippen molar-refractivity contribution in [3.63, 3.8) is 0 Å². The maximum Gasteiger partial charge on any atom is 0.344 e. The van der Waals surface area contributed by atoms with Gasteiger partial charge >= 0.3 is 5.97 Å². The Morgan fingerprint density at radius 3 is 2.42 bits per heavy atom. The third kappa shape index (κ3) is 5.01. The van der Waals surface area contributed by atoms with Crippen molar-refractivity contribution in [2.75, 3.05) is 19.0 Å². The van der Waals surface area contributed by atoms with Crippen LogP contribution in [0.4, 0.5) is 5.69 Å². The lowest BCUT2D eigenvalue weighted by atomic mass is 10.2. The van der Waals surface area contributed by atoms with Crippen LogP contribution in [0.3, 0.4) is 0 Å². The van der Waals surface area contributed by atoms with Gasteiger partial charge < -0.3 is 19.5 Å². The van der Waals surface area contributed by atoms with Gasteiger partial charge in [0.2, 0.25) is 0 Å². The minimum atomic E-state index is -0.957. The molecule has 0 aliphatic rings. The van der Waals surface area contributed by atoms with E-state index in [1.165, 1.54) is 14.0 Å². The molecular formula is C18H19NO5. The number of hydrogen-bond donors (Lipinski definition) is 1. The lowest BCUT2D eigenvalue weighted by molar-refractivity contribution is -0.155. The lowest BCUT2D eigenvalue weighted by Crippen LogP contribution is -2.31. The lowest BCUT2D eigenvalue weighted by Gasteiger charge is -2.15. The minimum absolute atomic E-state index is 0.268. The average molecular weight is 329 g/mol. The summed E-state index contributed by atoms with van der Waals surface area (Å²) >= 11 is 0. The molecule has 1 amide bonds. The van der Waals surface area contributed by atoms with Gasteiger partial charge in [0.15, 0.2) is 12.7 Å². The zero-order valence-electron chi connectivity index (χ0n) is 13.5. The van der Waals surface area contributed by atoms with Gasteiger partial charge in [0.1, 0.15) is 11.5 Å². The van der Waals surface area contributed by atoms with Crippen molar-refractivity contribution in [3.8, 4) is 11.5 Å². The first kappa shape index (κ1) is 17.3. The molecule has 0 radical (unpaired) electrons. The molecule has 2 rings (SSSR count). The molecule has 1 N–H and O–H groups in total. The summed E-state index contributed by atoms with van der Waals surface area (Å²) in [6, 6.07) is 15.9. The second-order valence-corrected chi connectivity index (χ2v) is 4.92. The number of amides is 1. The van der Waals surface area contributed by atoms with E-state index in [0.717, 1.165) is 0 Å². The Labute approximate surface area is 140 Å². The molecule has 0 saturated heterocycles. The molecule has 6 nitrogen and oxygen atoms in total. The summed E-state index contributed by atoms with van der Waals surface area (Å²) in [7, 11) is 1.51. The Balaban J connectivity index is 1.83. The van der Waals surface area contributed by atoms with Gasteiger partial charge in [0.25, 0.3) is 5.91 Å². The van der Waals surface area contributed by atoms with Crippen molar-refractivity contribution in [3.05, 3.63) is 54.6 Å². The molecule has 2 aromatic rings. The molecule has 2 aromatic carbocycles. The van der Waals surface area contributed by atoms with Gasteiger partial charge in [-0.2, -0.15) is 0 Å². The molecular weight excluding hydrogens is 310 g/mol. The number of nitrogens with one attached hydrogen (secondary N) is 1. The molecule has 6 heteroatoms. The molecule has 24 heavy (non-hydrogen) atoms. The van der Waals surface area contributed by atoms with Crippen molar-refractivity contribution in [1.82, 2.24) is 0 Å². The van der Waals surface area contributed by atoms with E-state index in [4.69, 9.17) is 14.2 Å². The Kier molecular flexibility index (Phi) is 6.19. The first-order chi connectivity index (χ1) is 11.6. The maximum atomic E-state index is 12.1. The number of methoxy groups -OCH3 is 1. The van der Waals surface area contributed by atoms with E-state index in [1.54, 1.807) is 48.5 Å². The van der Waals surface area contributed by atoms with E-state index in [9.17, 15) is 9.59 Å². The van der Waals surface area contributed by atoms with Crippen LogP contribution in [0.5, 0.6) is 11.5 Å². The molecule has 0 unspecified atom stereocenters. The van der Waals surface area contributed by atoms with Crippen molar-refractivity contribution in [2.24, 2.45) is 0 Å². The molecule has 1 atom stereocenters. The SMILES string of the molecule is COc1ccccc1NC(=O)[C@@H](C)OC(=O)COc1ccccc1. The first-order valence-corrected chi connectivity index (χ1v) is 7.41. The van der Waals surface area contributed by atoms with Crippen LogP contribution in [-0.4, -0.2) is 31.7 Å². The number of esters is 1. The van der Waals surface area contributed by atoms with Gasteiger partial charge in [-0.3, -0.25) is 4.79 Å². The van der Waals surface area contributed by atoms with Crippen LogP contribution in [0.2, 0.25) is 0 Å². The number of anilines is 1. The quantitative estimate of drug-likeness (QED) is 0.791. The van der Waals surface area contributed by atoms with Crippen LogP contribution in [0.25, 0.3) is 0 Å². The van der Waals surface area contributed by atoms with E-state index in [-0.39, 0.29) is 6.61 Å². The van der Waals surface area contributed by atoms with E-state index in [1.807, 2.05) is 6.07 Å². The standard InChI is InChI=1S/C18H19NO5/c1-13(18(21)19-15-10-6-7-11-16(15)22-2)24-17(20)12-23-14-8-4-3-5-9-14/h3-11,13H,12H2,1-2H3,(H,19,21)/t13-/m1/s1. The van der Waals surface area contributed by atoms with Gasteiger partial charge in [-0.05, 0) is 31.2 Å². The summed E-state index contributed by atoms with van der Waals surface area (Å²) in [5.74, 6) is 0.00598. The molecule has 0 fully saturated rings. The van der Waals surface area contributed by atoms with Crippen molar-refractivity contribution in [1.29, 1.82) is 0 Å². The number of rotatable bonds is 7. The molecule has 0 aliphatic heterocycles. The number of para-hydroxylation sites is 3. The van der Waals surface area contributed by atoms with E-state index < -0.39 is 18.0 Å². The highest BCUT2D eigenvalue weighted by molar-refractivity contribution is 5.96. The van der Waals surface area contributed by atoms with Gasteiger partial charge in [-0.1, -0.05) is 30.3 Å². The monoisotopic (exact) mass is 329 g/mol. The number of ether oxygens (including phenoxy) is 3. The fourth-order valence-corrected chi connectivity index (χ4v) is 1.93. The van der Waals surface area contributed by atoms with Crippen molar-refractivity contribution >= 4 is 17.6 Å². The van der Waals surface area contributed by atoms with Gasteiger partial charge in [0.05, 0.1) is 12.8 Å². The number of carbonyl (C=O) groups excluding carboxylic acids is 2. The van der Waals surface area contributed by atoms with Crippen molar-refractivity contribution in [2.45, 2.75) is 13.0 Å². The van der Waals surface area contributed by atoms with Gasteiger partial charge in [0, 0.05) is 0 Å². The average Bonchev–Trinajstić information content (AvgIpc) is 2.61. The summed E-state index contributed by atoms with van der Waals surface area (Å²) in [4.78, 5) is 23.9. The minimum Gasteiger partial charge on any atom is -0.495 e. The van der Waals surface area contributed by atoms with E-state index >= 15 is 0 Å². The zero-order chi connectivity index (χ0) is 17.4. The van der Waals surface area contributed by atoms with Crippen LogP contribution < -0.4 is 14.8 Å².